The average molecular weight is 162 g/mol. The molecule has 0 aromatic rings. The van der Waals surface area contributed by atoms with E-state index in [4.69, 9.17) is 15.6 Å². The van der Waals surface area contributed by atoms with E-state index in [0.29, 0.717) is 26.3 Å². The van der Waals surface area contributed by atoms with E-state index < -0.39 is 5.97 Å². The van der Waals surface area contributed by atoms with Crippen LogP contribution in [0, 0.1) is 0 Å². The van der Waals surface area contributed by atoms with Gasteiger partial charge in [-0.1, -0.05) is 0 Å². The van der Waals surface area contributed by atoms with Gasteiger partial charge in [-0.2, -0.15) is 0 Å². The first-order chi connectivity index (χ1) is 5.27. The maximum Gasteiger partial charge on any atom is 0.317 e. The molecule has 0 aromatic carbocycles. The Morgan fingerprint density at radius 2 is 2.27 bits per heavy atom. The van der Waals surface area contributed by atoms with Crippen LogP contribution < -0.4 is 11.1 Å². The quantitative estimate of drug-likeness (QED) is 0.402. The number of rotatable bonds is 7. The SMILES string of the molecule is NCCOCCNCC(=O)O. The van der Waals surface area contributed by atoms with Gasteiger partial charge in [0.2, 0.25) is 0 Å². The molecule has 0 heterocycles. The molecule has 0 saturated heterocycles. The van der Waals surface area contributed by atoms with Crippen molar-refractivity contribution in [2.45, 2.75) is 0 Å². The highest BCUT2D eigenvalue weighted by Gasteiger charge is 1.93. The highest BCUT2D eigenvalue weighted by Crippen LogP contribution is 1.69. The number of nitrogens with one attached hydrogen (secondary N) is 1. The number of carboxylic acids is 1. The molecule has 0 amide bonds. The van der Waals surface area contributed by atoms with Crippen LogP contribution in [0.5, 0.6) is 0 Å². The lowest BCUT2D eigenvalue weighted by Crippen LogP contribution is -2.26. The van der Waals surface area contributed by atoms with Crippen LogP contribution in [-0.4, -0.2) is 43.9 Å². The van der Waals surface area contributed by atoms with Gasteiger partial charge < -0.3 is 20.9 Å². The largest absolute Gasteiger partial charge is 0.480 e. The van der Waals surface area contributed by atoms with E-state index in [2.05, 4.69) is 5.32 Å². The van der Waals surface area contributed by atoms with Gasteiger partial charge in [0.05, 0.1) is 19.8 Å². The Labute approximate surface area is 65.5 Å². The minimum Gasteiger partial charge on any atom is -0.480 e. The lowest BCUT2D eigenvalue weighted by atomic mass is 10.6. The van der Waals surface area contributed by atoms with Crippen molar-refractivity contribution in [3.05, 3.63) is 0 Å². The third-order valence-corrected chi connectivity index (χ3v) is 0.962. The summed E-state index contributed by atoms with van der Waals surface area (Å²) in [7, 11) is 0. The Balaban J connectivity index is 2.85. The van der Waals surface area contributed by atoms with Crippen LogP contribution in [0.4, 0.5) is 0 Å². The van der Waals surface area contributed by atoms with Gasteiger partial charge in [0.15, 0.2) is 0 Å². The van der Waals surface area contributed by atoms with Crippen molar-refractivity contribution in [1.82, 2.24) is 5.32 Å². The summed E-state index contributed by atoms with van der Waals surface area (Å²) < 4.78 is 4.98. The number of ether oxygens (including phenoxy) is 1. The van der Waals surface area contributed by atoms with E-state index in [1.165, 1.54) is 0 Å². The molecule has 0 spiro atoms. The minimum absolute atomic E-state index is 0.0218. The first-order valence-electron chi connectivity index (χ1n) is 3.47. The lowest BCUT2D eigenvalue weighted by molar-refractivity contribution is -0.136. The van der Waals surface area contributed by atoms with Gasteiger partial charge in [-0.15, -0.1) is 0 Å². The fourth-order valence-corrected chi connectivity index (χ4v) is 0.525. The molecule has 4 N–H and O–H groups in total. The second-order valence-electron chi connectivity index (χ2n) is 1.97. The Bertz CT molecular complexity index is 108. The lowest BCUT2D eigenvalue weighted by Gasteiger charge is -2.01. The molecule has 0 saturated carbocycles. The summed E-state index contributed by atoms with van der Waals surface area (Å²) in [5.41, 5.74) is 5.15. The highest BCUT2D eigenvalue weighted by molar-refractivity contribution is 5.68. The number of hydrogen-bond acceptors (Lipinski definition) is 4. The summed E-state index contributed by atoms with van der Waals surface area (Å²) in [6.07, 6.45) is 0. The number of aliphatic carboxylic acids is 1. The van der Waals surface area contributed by atoms with E-state index in [1.54, 1.807) is 0 Å². The number of hydrogen-bond donors (Lipinski definition) is 3. The van der Waals surface area contributed by atoms with E-state index in [9.17, 15) is 4.79 Å². The molecule has 0 aliphatic carbocycles. The summed E-state index contributed by atoms with van der Waals surface area (Å²) >= 11 is 0. The third kappa shape index (κ3) is 9.35. The van der Waals surface area contributed by atoms with Gasteiger partial charge in [0.25, 0.3) is 0 Å². The van der Waals surface area contributed by atoms with Gasteiger partial charge in [0.1, 0.15) is 0 Å². The van der Waals surface area contributed by atoms with Crippen LogP contribution in [0.15, 0.2) is 0 Å². The van der Waals surface area contributed by atoms with E-state index in [-0.39, 0.29) is 6.54 Å². The van der Waals surface area contributed by atoms with E-state index >= 15 is 0 Å². The number of carbonyl (C=O) groups is 1. The second-order valence-corrected chi connectivity index (χ2v) is 1.97. The van der Waals surface area contributed by atoms with Crippen molar-refractivity contribution in [1.29, 1.82) is 0 Å². The molecule has 0 aliphatic heterocycles. The van der Waals surface area contributed by atoms with Crippen LogP contribution in [0.2, 0.25) is 0 Å². The van der Waals surface area contributed by atoms with Crippen LogP contribution in [0.1, 0.15) is 0 Å². The molecule has 11 heavy (non-hydrogen) atoms. The predicted octanol–water partition coefficient (Wildman–Crippen LogP) is -1.36. The normalized spacial score (nSPS) is 9.91. The predicted molar refractivity (Wildman–Crippen MR) is 40.4 cm³/mol. The molecular weight excluding hydrogens is 148 g/mol. The molecule has 0 atom stereocenters. The molecule has 5 heteroatoms. The van der Waals surface area contributed by atoms with Crippen LogP contribution in [-0.2, 0) is 9.53 Å². The fourth-order valence-electron chi connectivity index (χ4n) is 0.525. The maximum atomic E-state index is 9.96. The zero-order chi connectivity index (χ0) is 8.53. The summed E-state index contributed by atoms with van der Waals surface area (Å²) in [6.45, 7) is 2.05. The Morgan fingerprint density at radius 1 is 1.55 bits per heavy atom. The summed E-state index contributed by atoms with van der Waals surface area (Å²) in [6, 6.07) is 0. The van der Waals surface area contributed by atoms with Gasteiger partial charge >= 0.3 is 5.97 Å². The molecule has 5 nitrogen and oxygen atoms in total. The third-order valence-electron chi connectivity index (χ3n) is 0.962. The fraction of sp³-hybridized carbons (Fsp3) is 0.833. The molecule has 0 radical (unpaired) electrons. The average Bonchev–Trinajstić information content (AvgIpc) is 1.96. The molecule has 0 aliphatic rings. The summed E-state index contributed by atoms with van der Waals surface area (Å²) in [5.74, 6) is -0.858. The van der Waals surface area contributed by atoms with E-state index in [0.717, 1.165) is 0 Å². The zero-order valence-corrected chi connectivity index (χ0v) is 6.38. The Hall–Kier alpha value is -0.650. The topological polar surface area (TPSA) is 84.6 Å². The van der Waals surface area contributed by atoms with Gasteiger partial charge in [-0.3, -0.25) is 4.79 Å². The number of nitrogens with two attached hydrogens (primary N) is 1. The standard InChI is InChI=1S/C6H14N2O3/c7-1-3-11-4-2-8-5-6(9)10/h8H,1-5,7H2,(H,9,10). The molecular formula is C6H14N2O3. The van der Waals surface area contributed by atoms with Crippen molar-refractivity contribution in [3.8, 4) is 0 Å². The number of carboxylic acid groups (broad SMARTS) is 1. The van der Waals surface area contributed by atoms with Crippen molar-refractivity contribution in [2.75, 3.05) is 32.8 Å². The molecule has 0 rings (SSSR count). The molecule has 66 valence electrons. The highest BCUT2D eigenvalue weighted by atomic mass is 16.5. The summed E-state index contributed by atoms with van der Waals surface area (Å²) in [4.78, 5) is 9.96. The van der Waals surface area contributed by atoms with Crippen LogP contribution in [0.3, 0.4) is 0 Å². The van der Waals surface area contributed by atoms with Crippen molar-refractivity contribution in [3.63, 3.8) is 0 Å². The van der Waals surface area contributed by atoms with Gasteiger partial charge in [-0.05, 0) is 0 Å². The van der Waals surface area contributed by atoms with Crippen LogP contribution in [0.25, 0.3) is 0 Å². The van der Waals surface area contributed by atoms with E-state index in [1.807, 2.05) is 0 Å². The van der Waals surface area contributed by atoms with Gasteiger partial charge in [-0.25, -0.2) is 0 Å². The zero-order valence-electron chi connectivity index (χ0n) is 6.38. The second kappa shape index (κ2) is 7.46. The Kier molecular flexibility index (Phi) is 7.02. The molecule has 0 unspecified atom stereocenters. The molecule has 0 bridgehead atoms. The maximum absolute atomic E-state index is 9.96. The van der Waals surface area contributed by atoms with Crippen LogP contribution >= 0.6 is 0 Å². The minimum atomic E-state index is -0.858. The van der Waals surface area contributed by atoms with Gasteiger partial charge in [0, 0.05) is 13.1 Å². The monoisotopic (exact) mass is 162 g/mol. The molecule has 0 aromatic heterocycles. The Morgan fingerprint density at radius 3 is 2.82 bits per heavy atom. The molecule has 0 fully saturated rings. The first-order valence-corrected chi connectivity index (χ1v) is 3.47. The van der Waals surface area contributed by atoms with Crippen molar-refractivity contribution in [2.24, 2.45) is 5.73 Å². The first kappa shape index (κ1) is 10.3. The smallest absolute Gasteiger partial charge is 0.317 e. The van der Waals surface area contributed by atoms with Crippen molar-refractivity contribution >= 4 is 5.97 Å². The summed E-state index contributed by atoms with van der Waals surface area (Å²) in [5, 5.41) is 10.9. The van der Waals surface area contributed by atoms with Crippen molar-refractivity contribution < 1.29 is 14.6 Å².